The molecule has 1 aromatic carbocycles. The van der Waals surface area contributed by atoms with Gasteiger partial charge < -0.3 is 9.47 Å². The minimum atomic E-state index is 0.666. The molecule has 0 spiro atoms. The molecule has 0 amide bonds. The molecule has 0 bridgehead atoms. The Hall–Kier alpha value is -2.40. The van der Waals surface area contributed by atoms with Crippen LogP contribution in [0.3, 0.4) is 0 Å². The van der Waals surface area contributed by atoms with Crippen LogP contribution in [-0.4, -0.2) is 43.4 Å². The summed E-state index contributed by atoms with van der Waals surface area (Å²) < 4.78 is 4.37. The van der Waals surface area contributed by atoms with Crippen molar-refractivity contribution >= 4 is 0 Å². The van der Waals surface area contributed by atoms with Gasteiger partial charge in [-0.15, -0.1) is 0 Å². The van der Waals surface area contributed by atoms with Crippen LogP contribution < -0.4 is 0 Å². The molecular formula is C23H29N5. The first kappa shape index (κ1) is 17.7. The highest BCUT2D eigenvalue weighted by Crippen LogP contribution is 2.29. The smallest absolute Gasteiger partial charge is 0.113 e. The van der Waals surface area contributed by atoms with Gasteiger partial charge in [0.05, 0.1) is 6.20 Å². The van der Waals surface area contributed by atoms with Crippen LogP contribution in [0.25, 0.3) is 16.8 Å². The lowest BCUT2D eigenvalue weighted by atomic mass is 9.96. The predicted molar refractivity (Wildman–Crippen MR) is 112 cm³/mol. The molecule has 0 N–H and O–H groups in total. The Morgan fingerprint density at radius 1 is 1.11 bits per heavy atom. The van der Waals surface area contributed by atoms with Gasteiger partial charge in [-0.2, -0.15) is 5.10 Å². The van der Waals surface area contributed by atoms with Gasteiger partial charge in [0, 0.05) is 48.8 Å². The largest absolute Gasteiger partial charge is 0.303 e. The summed E-state index contributed by atoms with van der Waals surface area (Å²) in [5, 5.41) is 4.67. The molecular weight excluding hydrogens is 346 g/mol. The summed E-state index contributed by atoms with van der Waals surface area (Å²) in [6, 6.07) is 7.45. The van der Waals surface area contributed by atoms with Crippen molar-refractivity contribution in [1.82, 2.24) is 24.2 Å². The lowest BCUT2D eigenvalue weighted by molar-refractivity contribution is 0.140. The second-order valence-electron chi connectivity index (χ2n) is 8.58. The summed E-state index contributed by atoms with van der Waals surface area (Å²) in [5.41, 5.74) is 5.16. The van der Waals surface area contributed by atoms with E-state index in [2.05, 4.69) is 68.7 Å². The van der Waals surface area contributed by atoms with Gasteiger partial charge in [0.15, 0.2) is 0 Å². The molecule has 5 rings (SSSR count). The van der Waals surface area contributed by atoms with E-state index >= 15 is 0 Å². The fourth-order valence-corrected chi connectivity index (χ4v) is 4.71. The summed E-state index contributed by atoms with van der Waals surface area (Å²) in [5.74, 6) is 1.91. The summed E-state index contributed by atoms with van der Waals surface area (Å²) in [7, 11) is 0. The summed E-state index contributed by atoms with van der Waals surface area (Å²) in [6.07, 6.45) is 12.8. The maximum absolute atomic E-state index is 4.67. The zero-order valence-electron chi connectivity index (χ0n) is 16.9. The Kier molecular flexibility index (Phi) is 4.55. The van der Waals surface area contributed by atoms with E-state index < -0.39 is 0 Å². The molecule has 1 saturated heterocycles. The lowest BCUT2D eigenvalue weighted by Crippen LogP contribution is -2.39. The van der Waals surface area contributed by atoms with Gasteiger partial charge in [0.1, 0.15) is 5.82 Å². The molecule has 146 valence electrons. The number of piperidine rings is 1. The molecule has 2 aliphatic rings. The number of aromatic nitrogens is 4. The zero-order valence-corrected chi connectivity index (χ0v) is 16.9. The van der Waals surface area contributed by atoms with Crippen LogP contribution in [0, 0.1) is 5.92 Å². The van der Waals surface area contributed by atoms with Gasteiger partial charge in [-0.1, -0.05) is 6.07 Å². The van der Waals surface area contributed by atoms with E-state index in [1.54, 1.807) is 0 Å². The van der Waals surface area contributed by atoms with Crippen LogP contribution >= 0.6 is 0 Å². The molecule has 1 fully saturated rings. The van der Waals surface area contributed by atoms with E-state index in [1.807, 2.05) is 12.4 Å². The highest BCUT2D eigenvalue weighted by Gasteiger charge is 2.21. The first-order valence-electron chi connectivity index (χ1n) is 10.6. The minimum absolute atomic E-state index is 0.666. The summed E-state index contributed by atoms with van der Waals surface area (Å²) in [4.78, 5) is 7.04. The van der Waals surface area contributed by atoms with E-state index in [4.69, 9.17) is 0 Å². The Labute approximate surface area is 167 Å². The third kappa shape index (κ3) is 3.28. The average molecular weight is 376 g/mol. The van der Waals surface area contributed by atoms with E-state index in [-0.39, 0.29) is 0 Å². The quantitative estimate of drug-likeness (QED) is 0.693. The number of hydrogen-bond acceptors (Lipinski definition) is 3. The standard InChI is InChI=1S/C23H29N5/c1-17(2)26-10-7-18(8-11-26)15-27-16-21(14-25-27)19-3-5-22-20(13-19)4-6-23-24-9-12-28(22)23/h3,5,9,12-14,16-18H,4,6-8,10-11,15H2,1-2H3. The number of imidazole rings is 1. The Balaban J connectivity index is 1.29. The van der Waals surface area contributed by atoms with Crippen LogP contribution in [0.15, 0.2) is 43.0 Å². The number of benzene rings is 1. The van der Waals surface area contributed by atoms with Crippen molar-refractivity contribution in [1.29, 1.82) is 0 Å². The maximum atomic E-state index is 4.67. The number of likely N-dealkylation sites (tertiary alicyclic amines) is 1. The summed E-state index contributed by atoms with van der Waals surface area (Å²) >= 11 is 0. The van der Waals surface area contributed by atoms with Crippen LogP contribution in [0.4, 0.5) is 0 Å². The number of rotatable bonds is 4. The normalized spacial score (nSPS) is 17.7. The molecule has 2 aliphatic heterocycles. The second-order valence-corrected chi connectivity index (χ2v) is 8.58. The molecule has 0 atom stereocenters. The number of aryl methyl sites for hydroxylation is 2. The Morgan fingerprint density at radius 2 is 1.96 bits per heavy atom. The van der Waals surface area contributed by atoms with Crippen molar-refractivity contribution in [2.45, 2.75) is 52.1 Å². The maximum Gasteiger partial charge on any atom is 0.113 e. The first-order valence-corrected chi connectivity index (χ1v) is 10.6. The predicted octanol–water partition coefficient (Wildman–Crippen LogP) is 3.95. The summed E-state index contributed by atoms with van der Waals surface area (Å²) in [6.45, 7) is 8.07. The van der Waals surface area contributed by atoms with E-state index in [0.29, 0.717) is 6.04 Å². The van der Waals surface area contributed by atoms with Crippen molar-refractivity contribution in [3.63, 3.8) is 0 Å². The highest BCUT2D eigenvalue weighted by molar-refractivity contribution is 5.66. The number of nitrogens with zero attached hydrogens (tertiary/aromatic N) is 5. The SMILES string of the molecule is CC(C)N1CCC(Cn2cc(-c3ccc4c(c3)CCc3nccn3-4)cn2)CC1. The zero-order chi connectivity index (χ0) is 19.1. The van der Waals surface area contributed by atoms with Crippen molar-refractivity contribution in [2.75, 3.05) is 13.1 Å². The van der Waals surface area contributed by atoms with Crippen molar-refractivity contribution in [2.24, 2.45) is 5.92 Å². The molecule has 2 aromatic heterocycles. The monoisotopic (exact) mass is 375 g/mol. The Morgan fingerprint density at radius 3 is 2.79 bits per heavy atom. The lowest BCUT2D eigenvalue weighted by Gasteiger charge is -2.34. The number of fused-ring (bicyclic) bond motifs is 3. The molecule has 28 heavy (non-hydrogen) atoms. The van der Waals surface area contributed by atoms with Crippen molar-refractivity contribution < 1.29 is 0 Å². The van der Waals surface area contributed by atoms with Crippen LogP contribution in [-0.2, 0) is 19.4 Å². The third-order valence-corrected chi connectivity index (χ3v) is 6.47. The molecule has 0 radical (unpaired) electrons. The van der Waals surface area contributed by atoms with Gasteiger partial charge in [0.25, 0.3) is 0 Å². The average Bonchev–Trinajstić information content (AvgIpc) is 3.37. The van der Waals surface area contributed by atoms with Crippen molar-refractivity contribution in [3.8, 4) is 16.8 Å². The number of hydrogen-bond donors (Lipinski definition) is 0. The van der Waals surface area contributed by atoms with Gasteiger partial charge >= 0.3 is 0 Å². The van der Waals surface area contributed by atoms with Gasteiger partial charge in [-0.25, -0.2) is 4.98 Å². The topological polar surface area (TPSA) is 38.9 Å². The van der Waals surface area contributed by atoms with Gasteiger partial charge in [-0.05, 0) is 75.4 Å². The van der Waals surface area contributed by atoms with Crippen LogP contribution in [0.2, 0.25) is 0 Å². The van der Waals surface area contributed by atoms with Crippen molar-refractivity contribution in [3.05, 3.63) is 54.4 Å². The van der Waals surface area contributed by atoms with Crippen LogP contribution in [0.1, 0.15) is 38.1 Å². The van der Waals surface area contributed by atoms with E-state index in [9.17, 15) is 0 Å². The molecule has 0 aliphatic carbocycles. The van der Waals surface area contributed by atoms with E-state index in [1.165, 1.54) is 48.3 Å². The minimum Gasteiger partial charge on any atom is -0.303 e. The molecule has 5 heteroatoms. The molecule has 4 heterocycles. The highest BCUT2D eigenvalue weighted by atomic mass is 15.3. The Bertz CT molecular complexity index is 959. The third-order valence-electron chi connectivity index (χ3n) is 6.47. The second kappa shape index (κ2) is 7.21. The first-order chi connectivity index (χ1) is 13.7. The fourth-order valence-electron chi connectivity index (χ4n) is 4.71. The van der Waals surface area contributed by atoms with E-state index in [0.717, 1.165) is 31.1 Å². The molecule has 3 aromatic rings. The molecule has 5 nitrogen and oxygen atoms in total. The van der Waals surface area contributed by atoms with Gasteiger partial charge in [-0.3, -0.25) is 4.68 Å². The molecule has 0 unspecified atom stereocenters. The fraction of sp³-hybridized carbons (Fsp3) is 0.478. The molecule has 0 saturated carbocycles. The van der Waals surface area contributed by atoms with Gasteiger partial charge in [0.2, 0.25) is 0 Å². The van der Waals surface area contributed by atoms with Crippen LogP contribution in [0.5, 0.6) is 0 Å².